The van der Waals surface area contributed by atoms with Crippen molar-refractivity contribution in [3.8, 4) is 11.5 Å². The molecule has 3 atom stereocenters. The first-order chi connectivity index (χ1) is 18.3. The number of methoxy groups -OCH3 is 1. The second-order valence-electron chi connectivity index (χ2n) is 10.4. The van der Waals surface area contributed by atoms with E-state index in [-0.39, 0.29) is 18.2 Å². The molecule has 3 unspecified atom stereocenters. The maximum atomic E-state index is 14.0. The van der Waals surface area contributed by atoms with Crippen LogP contribution in [0.4, 0.5) is 10.5 Å². The summed E-state index contributed by atoms with van der Waals surface area (Å²) in [6.45, 7) is 9.94. The number of hydrogen-bond donors (Lipinski definition) is 4. The molecule has 4 N–H and O–H groups in total. The van der Waals surface area contributed by atoms with Crippen LogP contribution in [0.15, 0.2) is 42.5 Å². The highest BCUT2D eigenvalue weighted by Crippen LogP contribution is 2.29. The maximum Gasteiger partial charge on any atom is 0.408 e. The summed E-state index contributed by atoms with van der Waals surface area (Å²) < 4.78 is 10.6. The summed E-state index contributed by atoms with van der Waals surface area (Å²) in [5, 5.41) is 25.5. The van der Waals surface area contributed by atoms with Crippen molar-refractivity contribution >= 4 is 23.6 Å². The summed E-state index contributed by atoms with van der Waals surface area (Å²) in [4.78, 5) is 41.7. The van der Waals surface area contributed by atoms with Crippen molar-refractivity contribution in [2.45, 2.75) is 65.6 Å². The van der Waals surface area contributed by atoms with Crippen LogP contribution in [0.2, 0.25) is 0 Å². The van der Waals surface area contributed by atoms with Crippen LogP contribution in [0.1, 0.15) is 58.2 Å². The number of nitrogens with one attached hydrogen (secondary N) is 2. The standard InChI is InChI=1S/C29H41N3O7/c1-8-18(2)24(31-28(37)39-29(4,5)6)27(36)32(15-16-33)25(20-9-14-23(34)19(3)17-20)26(35)30-21-10-12-22(38-7)13-11-21/h9-14,17-18,24-25,33-34H,8,15-16H2,1-7H3,(H,30,35)(H,31,37). The predicted molar refractivity (Wildman–Crippen MR) is 149 cm³/mol. The van der Waals surface area contributed by atoms with Gasteiger partial charge in [-0.15, -0.1) is 0 Å². The number of benzene rings is 2. The number of carbonyl (C=O) groups excluding carboxylic acids is 3. The summed E-state index contributed by atoms with van der Waals surface area (Å²) in [7, 11) is 1.54. The number of aryl methyl sites for hydroxylation is 1. The fourth-order valence-corrected chi connectivity index (χ4v) is 3.98. The van der Waals surface area contributed by atoms with Crippen molar-refractivity contribution in [3.63, 3.8) is 0 Å². The van der Waals surface area contributed by atoms with Gasteiger partial charge < -0.3 is 35.2 Å². The smallest absolute Gasteiger partial charge is 0.408 e. The molecule has 3 amide bonds. The van der Waals surface area contributed by atoms with Gasteiger partial charge in [0, 0.05) is 12.2 Å². The van der Waals surface area contributed by atoms with Gasteiger partial charge in [-0.05, 0) is 81.1 Å². The van der Waals surface area contributed by atoms with E-state index in [1.165, 1.54) is 18.1 Å². The van der Waals surface area contributed by atoms with Gasteiger partial charge in [0.05, 0.1) is 13.7 Å². The lowest BCUT2D eigenvalue weighted by atomic mass is 9.95. The highest BCUT2D eigenvalue weighted by molar-refractivity contribution is 5.99. The Morgan fingerprint density at radius 1 is 1.08 bits per heavy atom. The molecule has 0 radical (unpaired) electrons. The summed E-state index contributed by atoms with van der Waals surface area (Å²) >= 11 is 0. The van der Waals surface area contributed by atoms with E-state index in [2.05, 4.69) is 10.6 Å². The summed E-state index contributed by atoms with van der Waals surface area (Å²) in [5.74, 6) is -0.743. The third kappa shape index (κ3) is 8.88. The molecule has 2 aromatic carbocycles. The highest BCUT2D eigenvalue weighted by atomic mass is 16.6. The molecule has 0 aliphatic rings. The molecule has 0 aromatic heterocycles. The molecule has 214 valence electrons. The van der Waals surface area contributed by atoms with Gasteiger partial charge in [0.15, 0.2) is 0 Å². The zero-order chi connectivity index (χ0) is 29.3. The number of aliphatic hydroxyl groups is 1. The second-order valence-corrected chi connectivity index (χ2v) is 10.4. The number of ether oxygens (including phenoxy) is 2. The Bertz CT molecular complexity index is 1130. The molecule has 0 aliphatic carbocycles. The predicted octanol–water partition coefficient (Wildman–Crippen LogP) is 4.15. The fourth-order valence-electron chi connectivity index (χ4n) is 3.98. The zero-order valence-corrected chi connectivity index (χ0v) is 23.8. The van der Waals surface area contributed by atoms with Gasteiger partial charge >= 0.3 is 6.09 Å². The average Bonchev–Trinajstić information content (AvgIpc) is 2.87. The van der Waals surface area contributed by atoms with Crippen LogP contribution in [0.3, 0.4) is 0 Å². The molecule has 0 bridgehead atoms. The number of nitrogens with zero attached hydrogens (tertiary/aromatic N) is 1. The SMILES string of the molecule is CCC(C)C(NC(=O)OC(C)(C)C)C(=O)N(CCO)C(C(=O)Nc1ccc(OC)cc1)c1ccc(O)c(C)c1. The molecule has 0 fully saturated rings. The second kappa shape index (κ2) is 13.8. The summed E-state index contributed by atoms with van der Waals surface area (Å²) in [5.41, 5.74) is 0.639. The van der Waals surface area contributed by atoms with Crippen molar-refractivity contribution in [1.29, 1.82) is 0 Å². The van der Waals surface area contributed by atoms with Gasteiger partial charge in [0.25, 0.3) is 5.91 Å². The van der Waals surface area contributed by atoms with Crippen molar-refractivity contribution < 1.29 is 34.1 Å². The third-order valence-corrected chi connectivity index (χ3v) is 6.23. The van der Waals surface area contributed by atoms with E-state index in [4.69, 9.17) is 9.47 Å². The van der Waals surface area contributed by atoms with E-state index in [0.717, 1.165) is 0 Å². The van der Waals surface area contributed by atoms with Crippen LogP contribution in [0.5, 0.6) is 11.5 Å². The van der Waals surface area contributed by atoms with Gasteiger partial charge in [0.1, 0.15) is 29.2 Å². The zero-order valence-electron chi connectivity index (χ0n) is 23.8. The quantitative estimate of drug-likeness (QED) is 0.334. The van der Waals surface area contributed by atoms with Crippen LogP contribution in [-0.4, -0.2) is 64.9 Å². The van der Waals surface area contributed by atoms with Crippen molar-refractivity contribution in [2.75, 3.05) is 25.6 Å². The molecule has 39 heavy (non-hydrogen) atoms. The molecule has 10 nitrogen and oxygen atoms in total. The fraction of sp³-hybridized carbons (Fsp3) is 0.483. The Morgan fingerprint density at radius 3 is 2.23 bits per heavy atom. The lowest BCUT2D eigenvalue weighted by Gasteiger charge is -2.35. The Hall–Kier alpha value is -3.79. The Labute approximate surface area is 230 Å². The largest absolute Gasteiger partial charge is 0.508 e. The van der Waals surface area contributed by atoms with Crippen molar-refractivity contribution in [3.05, 3.63) is 53.6 Å². The molecule has 2 rings (SSSR count). The molecule has 2 aromatic rings. The molecule has 0 spiro atoms. The van der Waals surface area contributed by atoms with E-state index in [1.807, 2.05) is 13.8 Å². The molecular weight excluding hydrogens is 502 g/mol. The minimum atomic E-state index is -1.18. The average molecular weight is 544 g/mol. The maximum absolute atomic E-state index is 14.0. The minimum absolute atomic E-state index is 0.0390. The molecule has 0 aliphatic heterocycles. The lowest BCUT2D eigenvalue weighted by Crippen LogP contribution is -2.55. The van der Waals surface area contributed by atoms with Gasteiger partial charge in [0.2, 0.25) is 5.91 Å². The number of rotatable bonds is 11. The minimum Gasteiger partial charge on any atom is -0.508 e. The van der Waals surface area contributed by atoms with E-state index >= 15 is 0 Å². The Kier molecular flexibility index (Phi) is 11.2. The molecule has 0 saturated heterocycles. The number of carbonyl (C=O) groups is 3. The topological polar surface area (TPSA) is 137 Å². The number of hydrogen-bond acceptors (Lipinski definition) is 7. The summed E-state index contributed by atoms with van der Waals surface area (Å²) in [6, 6.07) is 9.13. The number of aliphatic hydroxyl groups excluding tert-OH is 1. The third-order valence-electron chi connectivity index (χ3n) is 6.23. The monoisotopic (exact) mass is 543 g/mol. The van der Waals surface area contributed by atoms with E-state index in [0.29, 0.717) is 29.0 Å². The van der Waals surface area contributed by atoms with Gasteiger partial charge in [-0.1, -0.05) is 26.3 Å². The Balaban J connectivity index is 2.53. The first kappa shape index (κ1) is 31.4. The summed E-state index contributed by atoms with van der Waals surface area (Å²) in [6.07, 6.45) is -0.204. The molecule has 0 heterocycles. The van der Waals surface area contributed by atoms with Gasteiger partial charge in [-0.3, -0.25) is 9.59 Å². The number of alkyl carbamates (subject to hydrolysis) is 1. The number of anilines is 1. The molecule has 0 saturated carbocycles. The number of amides is 3. The van der Waals surface area contributed by atoms with E-state index < -0.39 is 42.2 Å². The van der Waals surface area contributed by atoms with Crippen LogP contribution in [0, 0.1) is 12.8 Å². The molecule has 10 heteroatoms. The van der Waals surface area contributed by atoms with E-state index in [1.54, 1.807) is 64.1 Å². The number of phenolic OH excluding ortho intramolecular Hbond substituents is 1. The van der Waals surface area contributed by atoms with Gasteiger partial charge in [-0.25, -0.2) is 4.79 Å². The normalized spacial score (nSPS) is 13.5. The van der Waals surface area contributed by atoms with Crippen LogP contribution in [-0.2, 0) is 14.3 Å². The number of aromatic hydroxyl groups is 1. The van der Waals surface area contributed by atoms with Crippen LogP contribution >= 0.6 is 0 Å². The van der Waals surface area contributed by atoms with E-state index in [9.17, 15) is 24.6 Å². The highest BCUT2D eigenvalue weighted by Gasteiger charge is 2.38. The van der Waals surface area contributed by atoms with Crippen LogP contribution < -0.4 is 15.4 Å². The van der Waals surface area contributed by atoms with Crippen molar-refractivity contribution in [2.24, 2.45) is 5.92 Å². The van der Waals surface area contributed by atoms with Gasteiger partial charge in [-0.2, -0.15) is 0 Å². The lowest BCUT2D eigenvalue weighted by molar-refractivity contribution is -0.142. The van der Waals surface area contributed by atoms with Crippen molar-refractivity contribution in [1.82, 2.24) is 10.2 Å². The number of phenols is 1. The first-order valence-corrected chi connectivity index (χ1v) is 13.0. The first-order valence-electron chi connectivity index (χ1n) is 13.0. The molecular formula is C29H41N3O7. The Morgan fingerprint density at radius 2 is 1.72 bits per heavy atom. The van der Waals surface area contributed by atoms with Crippen LogP contribution in [0.25, 0.3) is 0 Å².